The van der Waals surface area contributed by atoms with Crippen molar-refractivity contribution in [2.45, 2.75) is 18.8 Å². The highest BCUT2D eigenvalue weighted by atomic mass is 16.5. The number of aromatic nitrogens is 1. The van der Waals surface area contributed by atoms with Crippen molar-refractivity contribution in [2.24, 2.45) is 0 Å². The highest BCUT2D eigenvalue weighted by Crippen LogP contribution is 2.26. The van der Waals surface area contributed by atoms with E-state index in [4.69, 9.17) is 4.74 Å². The van der Waals surface area contributed by atoms with Gasteiger partial charge in [-0.3, -0.25) is 4.79 Å². The molecule has 132 valence electrons. The summed E-state index contributed by atoms with van der Waals surface area (Å²) < 4.78 is 5.06. The zero-order valence-electron chi connectivity index (χ0n) is 14.6. The Morgan fingerprint density at radius 1 is 1.32 bits per heavy atom. The number of carbonyl (C=O) groups is 1. The van der Waals surface area contributed by atoms with E-state index in [1.165, 1.54) is 18.4 Å². The number of methoxy groups -OCH3 is 1. The van der Waals surface area contributed by atoms with Crippen LogP contribution in [0.25, 0.3) is 0 Å². The Bertz CT molecular complexity index is 690. The van der Waals surface area contributed by atoms with Crippen molar-refractivity contribution in [3.8, 4) is 5.88 Å². The Kier molecular flexibility index (Phi) is 6.01. The Labute approximate surface area is 149 Å². The molecule has 1 aromatic carbocycles. The average molecular weight is 339 g/mol. The molecule has 0 unspecified atom stereocenters. The molecule has 0 spiro atoms. The summed E-state index contributed by atoms with van der Waals surface area (Å²) in [6.45, 7) is 3.67. The van der Waals surface area contributed by atoms with Gasteiger partial charge in [-0.25, -0.2) is 4.98 Å². The van der Waals surface area contributed by atoms with E-state index in [9.17, 15) is 4.79 Å². The molecule has 1 aromatic heterocycles. The van der Waals surface area contributed by atoms with Gasteiger partial charge in [-0.2, -0.15) is 0 Å². The number of ether oxygens (including phenoxy) is 1. The summed E-state index contributed by atoms with van der Waals surface area (Å²) in [5.74, 6) is 0.960. The Balaban J connectivity index is 1.47. The number of benzene rings is 1. The van der Waals surface area contributed by atoms with Gasteiger partial charge in [0.1, 0.15) is 0 Å². The normalized spacial score (nSPS) is 17.9. The van der Waals surface area contributed by atoms with Gasteiger partial charge in [0.15, 0.2) is 0 Å². The molecule has 0 bridgehead atoms. The molecule has 1 amide bonds. The first-order valence-corrected chi connectivity index (χ1v) is 8.82. The average Bonchev–Trinajstić information content (AvgIpc) is 2.69. The van der Waals surface area contributed by atoms with Crippen molar-refractivity contribution in [2.75, 3.05) is 33.3 Å². The van der Waals surface area contributed by atoms with Crippen LogP contribution in [0, 0.1) is 0 Å². The van der Waals surface area contributed by atoms with Crippen LogP contribution in [0.15, 0.2) is 48.7 Å². The van der Waals surface area contributed by atoms with Crippen LogP contribution in [0.3, 0.4) is 0 Å². The second kappa shape index (κ2) is 8.62. The second-order valence-electron chi connectivity index (χ2n) is 6.39. The first-order valence-electron chi connectivity index (χ1n) is 8.82. The summed E-state index contributed by atoms with van der Waals surface area (Å²) >= 11 is 0. The van der Waals surface area contributed by atoms with Gasteiger partial charge in [0.05, 0.1) is 7.11 Å². The zero-order valence-corrected chi connectivity index (χ0v) is 14.6. The van der Waals surface area contributed by atoms with Gasteiger partial charge in [0.2, 0.25) is 5.88 Å². The number of likely N-dealkylation sites (tertiary alicyclic amines) is 1. The van der Waals surface area contributed by atoms with Crippen LogP contribution in [0.2, 0.25) is 0 Å². The smallest absolute Gasteiger partial charge is 0.251 e. The summed E-state index contributed by atoms with van der Waals surface area (Å²) in [5.41, 5.74) is 1.99. The van der Waals surface area contributed by atoms with E-state index in [1.807, 2.05) is 0 Å². The first kappa shape index (κ1) is 17.4. The van der Waals surface area contributed by atoms with Crippen molar-refractivity contribution >= 4 is 5.91 Å². The lowest BCUT2D eigenvalue weighted by molar-refractivity contribution is 0.0945. The number of nitrogens with one attached hydrogen (secondary N) is 1. The number of hydrogen-bond acceptors (Lipinski definition) is 4. The van der Waals surface area contributed by atoms with Crippen molar-refractivity contribution < 1.29 is 9.53 Å². The van der Waals surface area contributed by atoms with E-state index < -0.39 is 0 Å². The Morgan fingerprint density at radius 3 is 2.96 bits per heavy atom. The van der Waals surface area contributed by atoms with Gasteiger partial charge >= 0.3 is 0 Å². The van der Waals surface area contributed by atoms with Crippen molar-refractivity contribution in [1.29, 1.82) is 0 Å². The van der Waals surface area contributed by atoms with Gasteiger partial charge in [-0.1, -0.05) is 30.3 Å². The molecule has 1 saturated heterocycles. The largest absolute Gasteiger partial charge is 0.481 e. The summed E-state index contributed by atoms with van der Waals surface area (Å²) in [4.78, 5) is 18.7. The molecule has 2 aromatic rings. The lowest BCUT2D eigenvalue weighted by Gasteiger charge is -2.33. The first-order chi connectivity index (χ1) is 12.3. The van der Waals surface area contributed by atoms with Crippen LogP contribution in [0.1, 0.15) is 34.7 Å². The monoisotopic (exact) mass is 339 g/mol. The van der Waals surface area contributed by atoms with Crippen LogP contribution in [-0.4, -0.2) is 49.1 Å². The minimum atomic E-state index is -0.0858. The molecule has 1 aliphatic rings. The van der Waals surface area contributed by atoms with Gasteiger partial charge in [0, 0.05) is 37.5 Å². The maximum atomic E-state index is 12.2. The van der Waals surface area contributed by atoms with Crippen molar-refractivity contribution in [1.82, 2.24) is 15.2 Å². The van der Waals surface area contributed by atoms with Gasteiger partial charge in [0.25, 0.3) is 5.91 Å². The minimum Gasteiger partial charge on any atom is -0.481 e. The number of hydrogen-bond donors (Lipinski definition) is 1. The summed E-state index contributed by atoms with van der Waals surface area (Å²) in [7, 11) is 1.55. The van der Waals surface area contributed by atoms with Crippen LogP contribution >= 0.6 is 0 Å². The molecule has 3 rings (SSSR count). The maximum Gasteiger partial charge on any atom is 0.251 e. The molecule has 1 aliphatic heterocycles. The Hall–Kier alpha value is -2.40. The minimum absolute atomic E-state index is 0.0858. The van der Waals surface area contributed by atoms with Crippen molar-refractivity contribution in [3.05, 3.63) is 59.8 Å². The summed E-state index contributed by atoms with van der Waals surface area (Å²) in [5, 5.41) is 2.99. The number of rotatable bonds is 6. The highest BCUT2D eigenvalue weighted by Gasteiger charge is 2.20. The molecule has 1 fully saturated rings. The second-order valence-corrected chi connectivity index (χ2v) is 6.39. The lowest BCUT2D eigenvalue weighted by Crippen LogP contribution is -2.40. The third-order valence-corrected chi connectivity index (χ3v) is 4.70. The predicted molar refractivity (Wildman–Crippen MR) is 98.0 cm³/mol. The molecule has 0 aliphatic carbocycles. The highest BCUT2D eigenvalue weighted by molar-refractivity contribution is 5.94. The molecule has 0 saturated carbocycles. The van der Waals surface area contributed by atoms with E-state index in [-0.39, 0.29) is 5.91 Å². The Morgan fingerprint density at radius 2 is 2.16 bits per heavy atom. The van der Waals surface area contributed by atoms with Crippen LogP contribution in [-0.2, 0) is 0 Å². The van der Waals surface area contributed by atoms with Gasteiger partial charge < -0.3 is 15.0 Å². The third kappa shape index (κ3) is 4.79. The fraction of sp³-hybridized carbons (Fsp3) is 0.400. The number of nitrogens with zero attached hydrogens (tertiary/aromatic N) is 2. The molecular weight excluding hydrogens is 314 g/mol. The summed E-state index contributed by atoms with van der Waals surface area (Å²) in [6.07, 6.45) is 4.03. The predicted octanol–water partition coefficient (Wildman–Crippen LogP) is 2.70. The van der Waals surface area contributed by atoms with Gasteiger partial charge in [-0.15, -0.1) is 0 Å². The number of carbonyl (C=O) groups excluding carboxylic acids is 1. The lowest BCUT2D eigenvalue weighted by atomic mass is 9.91. The van der Waals surface area contributed by atoms with E-state index in [2.05, 4.69) is 45.5 Å². The van der Waals surface area contributed by atoms with Crippen LogP contribution in [0.4, 0.5) is 0 Å². The quantitative estimate of drug-likeness (QED) is 0.879. The molecular formula is C20H25N3O2. The van der Waals surface area contributed by atoms with E-state index in [0.717, 1.165) is 19.6 Å². The molecule has 1 N–H and O–H groups in total. The topological polar surface area (TPSA) is 54.5 Å². The molecule has 25 heavy (non-hydrogen) atoms. The molecule has 1 atom stereocenters. The zero-order chi connectivity index (χ0) is 17.5. The van der Waals surface area contributed by atoms with Crippen molar-refractivity contribution in [3.63, 3.8) is 0 Å². The molecule has 5 nitrogen and oxygen atoms in total. The maximum absolute atomic E-state index is 12.2. The number of pyridine rings is 1. The van der Waals surface area contributed by atoms with Crippen LogP contribution < -0.4 is 10.1 Å². The van der Waals surface area contributed by atoms with Gasteiger partial charge in [-0.05, 0) is 36.9 Å². The molecule has 5 heteroatoms. The standard InChI is InChI=1S/C20H25N3O2/c1-25-19-14-17(9-10-21-19)20(24)22-11-13-23-12-5-8-18(15-23)16-6-3-2-4-7-16/h2-4,6-7,9-10,14,18H,5,8,11-13,15H2,1H3,(H,22,24)/t18-/m0/s1. The number of amides is 1. The van der Waals surface area contributed by atoms with E-state index >= 15 is 0 Å². The van der Waals surface area contributed by atoms with Crippen LogP contribution in [0.5, 0.6) is 5.88 Å². The molecule has 0 radical (unpaired) electrons. The fourth-order valence-electron chi connectivity index (χ4n) is 3.35. The fourth-order valence-corrected chi connectivity index (χ4v) is 3.35. The number of piperidine rings is 1. The van der Waals surface area contributed by atoms with E-state index in [1.54, 1.807) is 25.4 Å². The third-order valence-electron chi connectivity index (χ3n) is 4.70. The van der Waals surface area contributed by atoms with E-state index in [0.29, 0.717) is 23.9 Å². The summed E-state index contributed by atoms with van der Waals surface area (Å²) in [6, 6.07) is 14.1. The molecule has 2 heterocycles. The SMILES string of the molecule is COc1cc(C(=O)NCCN2CCC[C@H](c3ccccc3)C2)ccn1.